The number of nitrogens with one attached hydrogen (secondary N) is 1. The van der Waals surface area contributed by atoms with E-state index in [2.05, 4.69) is 15.3 Å². The van der Waals surface area contributed by atoms with E-state index in [-0.39, 0.29) is 29.8 Å². The molecule has 0 saturated carbocycles. The van der Waals surface area contributed by atoms with E-state index in [0.29, 0.717) is 29.1 Å². The SMILES string of the molecule is C[C@H](CC(=O)c1cc(C#N)cnc1NCc1ccc(-c2cnc(N)c(C#N)c2)cc1)c1ccc(F)cc1. The van der Waals surface area contributed by atoms with E-state index in [1.807, 2.05) is 43.3 Å². The lowest BCUT2D eigenvalue weighted by Crippen LogP contribution is -2.11. The Kier molecular flexibility index (Phi) is 7.51. The predicted octanol–water partition coefficient (Wildman–Crippen LogP) is 5.60. The standard InChI is InChI=1S/C29H23FN6O/c1-18(21-6-8-25(30)9-7-21)10-27(37)26-11-20(13-31)16-36-29(26)35-15-19-2-4-22(5-3-19)24-12-23(14-32)28(33)34-17-24/h2-9,11-12,16-18H,10,15H2,1H3,(H2,33,34)(H,35,36)/t18-/m1/s1. The minimum absolute atomic E-state index is 0.136. The van der Waals surface area contributed by atoms with Crippen molar-refractivity contribution in [3.05, 3.63) is 107 Å². The maximum Gasteiger partial charge on any atom is 0.167 e. The molecular weight excluding hydrogens is 467 g/mol. The van der Waals surface area contributed by atoms with Crippen LogP contribution in [0.4, 0.5) is 16.0 Å². The molecule has 7 nitrogen and oxygen atoms in total. The fraction of sp³-hybridized carbons (Fsp3) is 0.138. The first-order valence-corrected chi connectivity index (χ1v) is 11.6. The van der Waals surface area contributed by atoms with Gasteiger partial charge in [-0.3, -0.25) is 4.79 Å². The number of Topliss-reactive ketones (excluding diaryl/α,β-unsaturated/α-hetero) is 1. The third-order valence-corrected chi connectivity index (χ3v) is 6.03. The van der Waals surface area contributed by atoms with Crippen molar-refractivity contribution < 1.29 is 9.18 Å². The highest BCUT2D eigenvalue weighted by molar-refractivity contribution is 6.01. The summed E-state index contributed by atoms with van der Waals surface area (Å²) in [5.41, 5.74) is 10.1. The van der Waals surface area contributed by atoms with Crippen molar-refractivity contribution in [1.29, 1.82) is 10.5 Å². The van der Waals surface area contributed by atoms with E-state index in [1.54, 1.807) is 30.5 Å². The number of carbonyl (C=O) groups is 1. The van der Waals surface area contributed by atoms with Crippen molar-refractivity contribution in [2.24, 2.45) is 0 Å². The van der Waals surface area contributed by atoms with Crippen molar-refractivity contribution in [3.63, 3.8) is 0 Å². The van der Waals surface area contributed by atoms with Gasteiger partial charge in [0.2, 0.25) is 0 Å². The zero-order valence-electron chi connectivity index (χ0n) is 20.1. The minimum atomic E-state index is -0.329. The summed E-state index contributed by atoms with van der Waals surface area (Å²) in [4.78, 5) is 21.6. The van der Waals surface area contributed by atoms with Gasteiger partial charge in [0.1, 0.15) is 29.6 Å². The number of halogens is 1. The lowest BCUT2D eigenvalue weighted by Gasteiger charge is -2.14. The van der Waals surface area contributed by atoms with Gasteiger partial charge in [-0.2, -0.15) is 10.5 Å². The van der Waals surface area contributed by atoms with E-state index in [9.17, 15) is 19.7 Å². The largest absolute Gasteiger partial charge is 0.383 e. The van der Waals surface area contributed by atoms with Crippen LogP contribution in [0.2, 0.25) is 0 Å². The number of anilines is 2. The van der Waals surface area contributed by atoms with Crippen LogP contribution in [-0.4, -0.2) is 15.8 Å². The predicted molar refractivity (Wildman–Crippen MR) is 139 cm³/mol. The molecule has 1 atom stereocenters. The molecule has 37 heavy (non-hydrogen) atoms. The van der Waals surface area contributed by atoms with E-state index in [0.717, 1.165) is 22.3 Å². The zero-order valence-corrected chi connectivity index (χ0v) is 20.1. The van der Waals surface area contributed by atoms with Gasteiger partial charge in [-0.15, -0.1) is 0 Å². The first-order chi connectivity index (χ1) is 17.9. The van der Waals surface area contributed by atoms with Crippen molar-refractivity contribution >= 4 is 17.4 Å². The number of carbonyl (C=O) groups excluding carboxylic acids is 1. The number of hydrogen-bond donors (Lipinski definition) is 2. The molecule has 0 aliphatic rings. The molecule has 0 unspecified atom stereocenters. The topological polar surface area (TPSA) is 128 Å². The van der Waals surface area contributed by atoms with E-state index >= 15 is 0 Å². The highest BCUT2D eigenvalue weighted by Crippen LogP contribution is 2.26. The van der Waals surface area contributed by atoms with E-state index < -0.39 is 0 Å². The van der Waals surface area contributed by atoms with Crippen molar-refractivity contribution in [3.8, 4) is 23.3 Å². The number of nitrogens with two attached hydrogens (primary N) is 1. The number of hydrogen-bond acceptors (Lipinski definition) is 7. The Labute approximate surface area is 214 Å². The molecule has 2 aromatic carbocycles. The number of nitrogens with zero attached hydrogens (tertiary/aromatic N) is 4. The number of nitrogen functional groups attached to an aromatic ring is 1. The third kappa shape index (κ3) is 5.95. The van der Waals surface area contributed by atoms with Crippen LogP contribution in [0.5, 0.6) is 0 Å². The molecule has 3 N–H and O–H groups in total. The van der Waals surface area contributed by atoms with Crippen LogP contribution in [0.15, 0.2) is 73.1 Å². The van der Waals surface area contributed by atoms with Gasteiger partial charge >= 0.3 is 0 Å². The molecule has 2 heterocycles. The summed E-state index contributed by atoms with van der Waals surface area (Å²) in [5, 5.41) is 21.7. The second-order valence-corrected chi connectivity index (χ2v) is 8.63. The highest BCUT2D eigenvalue weighted by Gasteiger charge is 2.18. The summed E-state index contributed by atoms with van der Waals surface area (Å²) in [6, 6.07) is 21.1. The molecule has 0 radical (unpaired) electrons. The van der Waals surface area contributed by atoms with Gasteiger partial charge < -0.3 is 11.1 Å². The third-order valence-electron chi connectivity index (χ3n) is 6.03. The second kappa shape index (κ2) is 11.1. The van der Waals surface area contributed by atoms with Crippen LogP contribution in [0.1, 0.15) is 51.9 Å². The second-order valence-electron chi connectivity index (χ2n) is 8.63. The molecule has 0 aliphatic heterocycles. The Balaban J connectivity index is 1.49. The van der Waals surface area contributed by atoms with Gasteiger partial charge in [0.15, 0.2) is 5.78 Å². The van der Waals surface area contributed by atoms with E-state index in [4.69, 9.17) is 5.73 Å². The first kappa shape index (κ1) is 25.0. The van der Waals surface area contributed by atoms with Crippen LogP contribution in [-0.2, 0) is 6.54 Å². The lowest BCUT2D eigenvalue weighted by molar-refractivity contribution is 0.0976. The van der Waals surface area contributed by atoms with Crippen LogP contribution in [0.25, 0.3) is 11.1 Å². The summed E-state index contributed by atoms with van der Waals surface area (Å²) < 4.78 is 13.3. The lowest BCUT2D eigenvalue weighted by atomic mass is 9.93. The summed E-state index contributed by atoms with van der Waals surface area (Å²) in [5.74, 6) is -0.0445. The molecule has 0 spiro atoms. The monoisotopic (exact) mass is 490 g/mol. The van der Waals surface area contributed by atoms with Gasteiger partial charge in [-0.1, -0.05) is 43.3 Å². The van der Waals surface area contributed by atoms with Gasteiger partial charge in [-0.25, -0.2) is 14.4 Å². The summed E-state index contributed by atoms with van der Waals surface area (Å²) in [6.07, 6.45) is 3.23. The van der Waals surface area contributed by atoms with Crippen LogP contribution in [0, 0.1) is 28.5 Å². The summed E-state index contributed by atoms with van der Waals surface area (Å²) in [6.45, 7) is 2.30. The molecule has 2 aromatic heterocycles. The number of nitriles is 2. The number of aromatic nitrogens is 2. The summed E-state index contributed by atoms with van der Waals surface area (Å²) in [7, 11) is 0. The summed E-state index contributed by atoms with van der Waals surface area (Å²) >= 11 is 0. The molecule has 0 fully saturated rings. The molecule has 8 heteroatoms. The fourth-order valence-corrected chi connectivity index (χ4v) is 3.90. The maximum atomic E-state index is 13.3. The average Bonchev–Trinajstić information content (AvgIpc) is 2.92. The fourth-order valence-electron chi connectivity index (χ4n) is 3.90. The van der Waals surface area contributed by atoms with Gasteiger partial charge in [0.25, 0.3) is 0 Å². The Morgan fingerprint density at radius 3 is 2.41 bits per heavy atom. The Bertz CT molecular complexity index is 1520. The molecule has 4 rings (SSSR count). The van der Waals surface area contributed by atoms with Gasteiger partial charge in [0, 0.05) is 30.9 Å². The van der Waals surface area contributed by atoms with Crippen molar-refractivity contribution in [1.82, 2.24) is 9.97 Å². The van der Waals surface area contributed by atoms with E-state index in [1.165, 1.54) is 18.3 Å². The molecular formula is C29H23FN6O. The molecule has 0 amide bonds. The highest BCUT2D eigenvalue weighted by atomic mass is 19.1. The Morgan fingerprint density at radius 1 is 1.00 bits per heavy atom. The van der Waals surface area contributed by atoms with Crippen molar-refractivity contribution in [2.45, 2.75) is 25.8 Å². The first-order valence-electron chi connectivity index (χ1n) is 11.6. The van der Waals surface area contributed by atoms with Gasteiger partial charge in [0.05, 0.1) is 16.7 Å². The smallest absolute Gasteiger partial charge is 0.167 e. The van der Waals surface area contributed by atoms with Crippen molar-refractivity contribution in [2.75, 3.05) is 11.1 Å². The normalized spacial score (nSPS) is 11.2. The molecule has 0 bridgehead atoms. The minimum Gasteiger partial charge on any atom is -0.383 e. The molecule has 0 saturated heterocycles. The number of pyridine rings is 2. The maximum absolute atomic E-state index is 13.3. The number of benzene rings is 2. The zero-order chi connectivity index (χ0) is 26.4. The Morgan fingerprint density at radius 2 is 1.73 bits per heavy atom. The molecule has 182 valence electrons. The van der Waals surface area contributed by atoms with Gasteiger partial charge in [-0.05, 0) is 46.9 Å². The number of rotatable bonds is 8. The quantitative estimate of drug-likeness (QED) is 0.308. The van der Waals surface area contributed by atoms with Crippen LogP contribution < -0.4 is 11.1 Å². The van der Waals surface area contributed by atoms with Crippen LogP contribution in [0.3, 0.4) is 0 Å². The average molecular weight is 491 g/mol. The Hall–Kier alpha value is -5.08. The molecule has 4 aromatic rings. The van der Waals surface area contributed by atoms with Crippen LogP contribution >= 0.6 is 0 Å². The molecule has 0 aliphatic carbocycles. The number of ketones is 1.